The first-order valence-corrected chi connectivity index (χ1v) is 6.13. The summed E-state index contributed by atoms with van der Waals surface area (Å²) in [5.74, 6) is -0.129. The second-order valence-corrected chi connectivity index (χ2v) is 5.50. The number of nitrogens with one attached hydrogen (secondary N) is 1. The highest BCUT2D eigenvalue weighted by molar-refractivity contribution is 5.59. The molecule has 20 heavy (non-hydrogen) atoms. The van der Waals surface area contributed by atoms with Crippen LogP contribution < -0.4 is 11.1 Å². The third-order valence-corrected chi connectivity index (χ3v) is 2.61. The highest BCUT2D eigenvalue weighted by Crippen LogP contribution is 2.24. The number of hydrogen-bond acceptors (Lipinski definition) is 4. The molecule has 0 spiro atoms. The lowest BCUT2D eigenvalue weighted by Crippen LogP contribution is -2.17. The van der Waals surface area contributed by atoms with Crippen LogP contribution in [0.2, 0.25) is 0 Å². The number of nitrogen functional groups attached to an aromatic ring is 1. The van der Waals surface area contributed by atoms with Crippen LogP contribution in [0.5, 0.6) is 0 Å². The molecule has 0 aliphatic carbocycles. The molecule has 106 valence electrons. The zero-order valence-corrected chi connectivity index (χ0v) is 11.5. The van der Waals surface area contributed by atoms with Gasteiger partial charge in [0.15, 0.2) is 0 Å². The fraction of sp³-hybridized carbons (Fsp3) is 0.286. The first kappa shape index (κ1) is 14.2. The Morgan fingerprint density at radius 2 is 1.80 bits per heavy atom. The second kappa shape index (κ2) is 5.03. The minimum atomic E-state index is -0.695. The molecule has 1 heterocycles. The maximum absolute atomic E-state index is 13.6. The van der Waals surface area contributed by atoms with Crippen LogP contribution in [0.15, 0.2) is 24.3 Å². The van der Waals surface area contributed by atoms with E-state index in [-0.39, 0.29) is 16.9 Å². The standard InChI is InChI=1S/C14H16F2N4/c1-14(2,3)13-19-11(17)7-12(20-13)18-10-5-4-8(15)6-9(10)16/h4-7H,1-3H3,(H3,17,18,19,20). The monoisotopic (exact) mass is 278 g/mol. The summed E-state index contributed by atoms with van der Waals surface area (Å²) in [7, 11) is 0. The van der Waals surface area contributed by atoms with Gasteiger partial charge in [-0.2, -0.15) is 0 Å². The predicted octanol–water partition coefficient (Wildman–Crippen LogP) is 3.38. The van der Waals surface area contributed by atoms with Gasteiger partial charge in [0, 0.05) is 17.5 Å². The molecule has 0 unspecified atom stereocenters. The summed E-state index contributed by atoms with van der Waals surface area (Å²) < 4.78 is 26.5. The largest absolute Gasteiger partial charge is 0.384 e. The number of halogens is 2. The normalized spacial score (nSPS) is 11.4. The highest BCUT2D eigenvalue weighted by atomic mass is 19.1. The Morgan fingerprint density at radius 3 is 2.40 bits per heavy atom. The van der Waals surface area contributed by atoms with Crippen molar-refractivity contribution in [3.05, 3.63) is 41.7 Å². The Hall–Kier alpha value is -2.24. The molecule has 0 bridgehead atoms. The van der Waals surface area contributed by atoms with Crippen molar-refractivity contribution in [1.82, 2.24) is 9.97 Å². The lowest BCUT2D eigenvalue weighted by atomic mass is 9.96. The van der Waals surface area contributed by atoms with E-state index >= 15 is 0 Å². The number of nitrogens with zero attached hydrogens (tertiary/aromatic N) is 2. The van der Waals surface area contributed by atoms with E-state index in [0.717, 1.165) is 6.07 Å². The van der Waals surface area contributed by atoms with Gasteiger partial charge in [0.2, 0.25) is 0 Å². The lowest BCUT2D eigenvalue weighted by Gasteiger charge is -2.18. The topological polar surface area (TPSA) is 63.8 Å². The van der Waals surface area contributed by atoms with Crippen molar-refractivity contribution in [3.63, 3.8) is 0 Å². The van der Waals surface area contributed by atoms with Crippen LogP contribution in [0, 0.1) is 11.6 Å². The molecule has 1 aromatic heterocycles. The average Bonchev–Trinajstić information content (AvgIpc) is 2.31. The molecular formula is C14H16F2N4. The smallest absolute Gasteiger partial charge is 0.149 e. The Bertz CT molecular complexity index is 636. The predicted molar refractivity (Wildman–Crippen MR) is 74.8 cm³/mol. The number of rotatable bonds is 2. The van der Waals surface area contributed by atoms with Crippen LogP contribution in [0.25, 0.3) is 0 Å². The fourth-order valence-electron chi connectivity index (χ4n) is 1.59. The second-order valence-electron chi connectivity index (χ2n) is 5.50. The van der Waals surface area contributed by atoms with E-state index < -0.39 is 11.6 Å². The van der Waals surface area contributed by atoms with Gasteiger partial charge in [-0.15, -0.1) is 0 Å². The third-order valence-electron chi connectivity index (χ3n) is 2.61. The van der Waals surface area contributed by atoms with E-state index in [4.69, 9.17) is 5.73 Å². The Kier molecular flexibility index (Phi) is 3.57. The molecular weight excluding hydrogens is 262 g/mol. The molecule has 0 aliphatic heterocycles. The molecule has 0 saturated heterocycles. The molecule has 1 aromatic carbocycles. The van der Waals surface area contributed by atoms with E-state index in [9.17, 15) is 8.78 Å². The van der Waals surface area contributed by atoms with Crippen molar-refractivity contribution in [1.29, 1.82) is 0 Å². The SMILES string of the molecule is CC(C)(C)c1nc(N)cc(Nc2ccc(F)cc2F)n1. The van der Waals surface area contributed by atoms with Gasteiger partial charge >= 0.3 is 0 Å². The summed E-state index contributed by atoms with van der Waals surface area (Å²) in [5.41, 5.74) is 5.57. The molecule has 0 radical (unpaired) electrons. The first-order chi connectivity index (χ1) is 9.25. The summed E-state index contributed by atoms with van der Waals surface area (Å²) in [6.07, 6.45) is 0. The van der Waals surface area contributed by atoms with E-state index in [1.165, 1.54) is 18.2 Å². The minimum Gasteiger partial charge on any atom is -0.384 e. The van der Waals surface area contributed by atoms with Crippen LogP contribution in [0.1, 0.15) is 26.6 Å². The molecule has 0 aliphatic rings. The van der Waals surface area contributed by atoms with Gasteiger partial charge in [-0.25, -0.2) is 18.7 Å². The minimum absolute atomic E-state index is 0.129. The van der Waals surface area contributed by atoms with E-state index in [1.54, 1.807) is 0 Å². The molecule has 6 heteroatoms. The van der Waals surface area contributed by atoms with Crippen LogP contribution >= 0.6 is 0 Å². The highest BCUT2D eigenvalue weighted by Gasteiger charge is 2.19. The van der Waals surface area contributed by atoms with E-state index in [2.05, 4.69) is 15.3 Å². The van der Waals surface area contributed by atoms with Crippen molar-refractivity contribution < 1.29 is 8.78 Å². The van der Waals surface area contributed by atoms with Gasteiger partial charge in [0.25, 0.3) is 0 Å². The quantitative estimate of drug-likeness (QED) is 0.884. The fourth-order valence-corrected chi connectivity index (χ4v) is 1.59. The van der Waals surface area contributed by atoms with Gasteiger partial charge in [0.05, 0.1) is 5.69 Å². The summed E-state index contributed by atoms with van der Waals surface area (Å²) in [5, 5.41) is 2.78. The van der Waals surface area contributed by atoms with Crippen molar-refractivity contribution in [3.8, 4) is 0 Å². The van der Waals surface area contributed by atoms with Crippen LogP contribution in [-0.2, 0) is 5.41 Å². The van der Waals surface area contributed by atoms with Gasteiger partial charge in [-0.1, -0.05) is 20.8 Å². The van der Waals surface area contributed by atoms with Crippen molar-refractivity contribution >= 4 is 17.3 Å². The molecule has 0 saturated carbocycles. The van der Waals surface area contributed by atoms with E-state index in [1.807, 2.05) is 20.8 Å². The van der Waals surface area contributed by atoms with Crippen molar-refractivity contribution in [2.24, 2.45) is 0 Å². The maximum atomic E-state index is 13.6. The van der Waals surface area contributed by atoms with Crippen molar-refractivity contribution in [2.75, 3.05) is 11.1 Å². The molecule has 4 nitrogen and oxygen atoms in total. The lowest BCUT2D eigenvalue weighted by molar-refractivity contribution is 0.547. The van der Waals surface area contributed by atoms with Crippen LogP contribution in [0.4, 0.5) is 26.1 Å². The Balaban J connectivity index is 2.36. The summed E-state index contributed by atoms with van der Waals surface area (Å²) in [6.45, 7) is 5.85. The molecule has 3 N–H and O–H groups in total. The first-order valence-electron chi connectivity index (χ1n) is 6.13. The maximum Gasteiger partial charge on any atom is 0.149 e. The zero-order valence-electron chi connectivity index (χ0n) is 11.5. The number of aromatic nitrogens is 2. The number of anilines is 3. The summed E-state index contributed by atoms with van der Waals surface area (Å²) >= 11 is 0. The van der Waals surface area contributed by atoms with Crippen molar-refractivity contribution in [2.45, 2.75) is 26.2 Å². The molecule has 0 fully saturated rings. The Labute approximate surface area is 116 Å². The van der Waals surface area contributed by atoms with Gasteiger partial charge in [-0.05, 0) is 12.1 Å². The molecule has 2 rings (SSSR count). The van der Waals surface area contributed by atoms with Crippen LogP contribution in [-0.4, -0.2) is 9.97 Å². The number of nitrogens with two attached hydrogens (primary N) is 1. The number of benzene rings is 1. The zero-order chi connectivity index (χ0) is 14.9. The van der Waals surface area contributed by atoms with E-state index in [0.29, 0.717) is 11.6 Å². The van der Waals surface area contributed by atoms with Crippen LogP contribution in [0.3, 0.4) is 0 Å². The summed E-state index contributed by atoms with van der Waals surface area (Å²) in [6, 6.07) is 4.77. The third kappa shape index (κ3) is 3.20. The summed E-state index contributed by atoms with van der Waals surface area (Å²) in [4.78, 5) is 8.46. The Morgan fingerprint density at radius 1 is 1.10 bits per heavy atom. The van der Waals surface area contributed by atoms with Gasteiger partial charge < -0.3 is 11.1 Å². The molecule has 0 amide bonds. The average molecular weight is 278 g/mol. The van der Waals surface area contributed by atoms with Gasteiger partial charge in [-0.3, -0.25) is 0 Å². The molecule has 2 aromatic rings. The molecule has 0 atom stereocenters. The van der Waals surface area contributed by atoms with Gasteiger partial charge in [0.1, 0.15) is 29.1 Å². The number of hydrogen-bond donors (Lipinski definition) is 2.